The van der Waals surface area contributed by atoms with Gasteiger partial charge in [0.15, 0.2) is 0 Å². The van der Waals surface area contributed by atoms with Crippen LogP contribution in [0.15, 0.2) is 24.3 Å². The summed E-state index contributed by atoms with van der Waals surface area (Å²) in [5, 5.41) is 3.39. The Balaban J connectivity index is 2.76. The van der Waals surface area contributed by atoms with Crippen LogP contribution in [0.5, 0.6) is 0 Å². The number of methoxy groups -OCH3 is 1. The van der Waals surface area contributed by atoms with Gasteiger partial charge in [0.25, 0.3) is 0 Å². The van der Waals surface area contributed by atoms with Crippen molar-refractivity contribution in [2.45, 2.75) is 26.4 Å². The molecule has 0 aromatic heterocycles. The first-order valence-corrected chi connectivity index (χ1v) is 6.09. The summed E-state index contributed by atoms with van der Waals surface area (Å²) in [5.41, 5.74) is 2.16. The molecule has 1 amide bonds. The number of nitrogens with one attached hydrogen (secondary N) is 1. The quantitative estimate of drug-likeness (QED) is 0.840. The third-order valence-electron chi connectivity index (χ3n) is 2.78. The first-order chi connectivity index (χ1) is 8.54. The van der Waals surface area contributed by atoms with Gasteiger partial charge in [-0.1, -0.05) is 18.2 Å². The van der Waals surface area contributed by atoms with Crippen molar-refractivity contribution < 1.29 is 9.53 Å². The predicted octanol–water partition coefficient (Wildman–Crippen LogP) is 2.11. The van der Waals surface area contributed by atoms with Crippen molar-refractivity contribution in [3.63, 3.8) is 0 Å². The van der Waals surface area contributed by atoms with E-state index < -0.39 is 0 Å². The highest BCUT2D eigenvalue weighted by molar-refractivity contribution is 5.73. The fourth-order valence-corrected chi connectivity index (χ4v) is 1.72. The second-order valence-electron chi connectivity index (χ2n) is 4.53. The zero-order chi connectivity index (χ0) is 13.5. The van der Waals surface area contributed by atoms with Gasteiger partial charge in [0, 0.05) is 39.4 Å². The molecule has 0 heterocycles. The number of rotatable bonds is 6. The van der Waals surface area contributed by atoms with E-state index in [-0.39, 0.29) is 11.9 Å². The number of anilines is 1. The molecular weight excluding hydrogens is 228 g/mol. The summed E-state index contributed by atoms with van der Waals surface area (Å²) in [6.45, 7) is 4.90. The minimum absolute atomic E-state index is 0.0646. The van der Waals surface area contributed by atoms with Crippen LogP contribution in [-0.2, 0) is 16.1 Å². The molecule has 0 fully saturated rings. The average Bonchev–Trinajstić information content (AvgIpc) is 2.31. The van der Waals surface area contributed by atoms with Crippen LogP contribution in [-0.4, -0.2) is 37.6 Å². The van der Waals surface area contributed by atoms with Gasteiger partial charge in [-0.2, -0.15) is 0 Å². The van der Waals surface area contributed by atoms with Crippen molar-refractivity contribution in [2.75, 3.05) is 26.1 Å². The normalized spacial score (nSPS) is 12.0. The lowest BCUT2D eigenvalue weighted by Gasteiger charge is -2.20. The summed E-state index contributed by atoms with van der Waals surface area (Å²) < 4.78 is 5.11. The van der Waals surface area contributed by atoms with Crippen LogP contribution >= 0.6 is 0 Å². The van der Waals surface area contributed by atoms with Crippen LogP contribution in [0.2, 0.25) is 0 Å². The number of benzene rings is 1. The molecule has 0 radical (unpaired) electrons. The highest BCUT2D eigenvalue weighted by Crippen LogP contribution is 2.17. The smallest absolute Gasteiger partial charge is 0.219 e. The highest BCUT2D eigenvalue weighted by atomic mass is 16.5. The Labute approximate surface area is 109 Å². The molecule has 100 valence electrons. The molecule has 0 aliphatic carbocycles. The van der Waals surface area contributed by atoms with Gasteiger partial charge >= 0.3 is 0 Å². The van der Waals surface area contributed by atoms with E-state index in [1.165, 1.54) is 0 Å². The topological polar surface area (TPSA) is 41.6 Å². The highest BCUT2D eigenvalue weighted by Gasteiger charge is 2.09. The molecule has 1 rings (SSSR count). The van der Waals surface area contributed by atoms with Crippen molar-refractivity contribution in [3.8, 4) is 0 Å². The molecular formula is C14H22N2O2. The van der Waals surface area contributed by atoms with Crippen molar-refractivity contribution in [1.82, 2.24) is 4.90 Å². The van der Waals surface area contributed by atoms with Crippen molar-refractivity contribution >= 4 is 11.6 Å². The first-order valence-electron chi connectivity index (χ1n) is 6.09. The number of nitrogens with zero attached hydrogens (tertiary/aromatic N) is 1. The molecule has 0 aliphatic rings. The standard InChI is InChI=1S/C14H22N2O2/c1-11(10-18-4)15-14-8-6-5-7-13(14)9-16(3)12(2)17/h5-8,11,15H,9-10H2,1-4H3. The zero-order valence-electron chi connectivity index (χ0n) is 11.6. The number of ether oxygens (including phenoxy) is 1. The summed E-state index contributed by atoms with van der Waals surface area (Å²) in [5.74, 6) is 0.0646. The Morgan fingerprint density at radius 3 is 2.72 bits per heavy atom. The Bertz CT molecular complexity index is 393. The second-order valence-corrected chi connectivity index (χ2v) is 4.53. The molecule has 18 heavy (non-hydrogen) atoms. The van der Waals surface area contributed by atoms with E-state index in [1.807, 2.05) is 24.3 Å². The lowest BCUT2D eigenvalue weighted by Crippen LogP contribution is -2.25. The van der Waals surface area contributed by atoms with E-state index in [0.717, 1.165) is 11.3 Å². The van der Waals surface area contributed by atoms with Gasteiger partial charge in [0.05, 0.1) is 6.61 Å². The lowest BCUT2D eigenvalue weighted by molar-refractivity contribution is -0.128. The van der Waals surface area contributed by atoms with E-state index in [2.05, 4.69) is 12.2 Å². The second kappa shape index (κ2) is 7.01. The largest absolute Gasteiger partial charge is 0.383 e. The zero-order valence-corrected chi connectivity index (χ0v) is 11.6. The number of hydrogen-bond donors (Lipinski definition) is 1. The molecule has 4 heteroatoms. The molecule has 0 aliphatic heterocycles. The fourth-order valence-electron chi connectivity index (χ4n) is 1.72. The van der Waals surface area contributed by atoms with Gasteiger partial charge in [-0.05, 0) is 18.6 Å². The molecule has 0 spiro atoms. The van der Waals surface area contributed by atoms with Gasteiger partial charge in [-0.25, -0.2) is 0 Å². The molecule has 1 aromatic rings. The van der Waals surface area contributed by atoms with Crippen LogP contribution in [0, 0.1) is 0 Å². The van der Waals surface area contributed by atoms with Crippen LogP contribution in [0.4, 0.5) is 5.69 Å². The van der Waals surface area contributed by atoms with Crippen LogP contribution in [0.1, 0.15) is 19.4 Å². The Hall–Kier alpha value is -1.55. The Morgan fingerprint density at radius 2 is 2.11 bits per heavy atom. The number of hydrogen-bond acceptors (Lipinski definition) is 3. The summed E-state index contributed by atoms with van der Waals surface area (Å²) in [6.07, 6.45) is 0. The van der Waals surface area contributed by atoms with Crippen molar-refractivity contribution in [3.05, 3.63) is 29.8 Å². The van der Waals surface area contributed by atoms with Gasteiger partial charge in [-0.15, -0.1) is 0 Å². The minimum atomic E-state index is 0.0646. The number of para-hydroxylation sites is 1. The van der Waals surface area contributed by atoms with Gasteiger partial charge in [0.1, 0.15) is 0 Å². The summed E-state index contributed by atoms with van der Waals surface area (Å²) in [6, 6.07) is 8.25. The average molecular weight is 250 g/mol. The lowest BCUT2D eigenvalue weighted by atomic mass is 10.1. The van der Waals surface area contributed by atoms with E-state index in [1.54, 1.807) is 26.0 Å². The van der Waals surface area contributed by atoms with Crippen LogP contribution < -0.4 is 5.32 Å². The first kappa shape index (κ1) is 14.5. The summed E-state index contributed by atoms with van der Waals surface area (Å²) in [4.78, 5) is 13.0. The minimum Gasteiger partial charge on any atom is -0.383 e. The monoisotopic (exact) mass is 250 g/mol. The van der Waals surface area contributed by atoms with E-state index in [0.29, 0.717) is 13.2 Å². The number of carbonyl (C=O) groups excluding carboxylic acids is 1. The van der Waals surface area contributed by atoms with Crippen LogP contribution in [0.3, 0.4) is 0 Å². The van der Waals surface area contributed by atoms with Gasteiger partial charge in [0.2, 0.25) is 5.91 Å². The van der Waals surface area contributed by atoms with Gasteiger partial charge in [-0.3, -0.25) is 4.79 Å². The molecule has 1 N–H and O–H groups in total. The Morgan fingerprint density at radius 1 is 1.44 bits per heavy atom. The van der Waals surface area contributed by atoms with E-state index in [4.69, 9.17) is 4.74 Å². The van der Waals surface area contributed by atoms with E-state index >= 15 is 0 Å². The number of amides is 1. The van der Waals surface area contributed by atoms with Crippen molar-refractivity contribution in [1.29, 1.82) is 0 Å². The summed E-state index contributed by atoms with van der Waals surface area (Å²) >= 11 is 0. The molecule has 0 saturated carbocycles. The molecule has 4 nitrogen and oxygen atoms in total. The van der Waals surface area contributed by atoms with Gasteiger partial charge < -0.3 is 15.0 Å². The number of carbonyl (C=O) groups is 1. The Kier molecular flexibility index (Phi) is 5.65. The molecule has 1 unspecified atom stereocenters. The maximum atomic E-state index is 11.3. The van der Waals surface area contributed by atoms with E-state index in [9.17, 15) is 4.79 Å². The summed E-state index contributed by atoms with van der Waals surface area (Å²) in [7, 11) is 3.49. The molecule has 1 atom stereocenters. The predicted molar refractivity (Wildman–Crippen MR) is 73.6 cm³/mol. The fraction of sp³-hybridized carbons (Fsp3) is 0.500. The maximum Gasteiger partial charge on any atom is 0.219 e. The molecule has 0 saturated heterocycles. The third kappa shape index (κ3) is 4.37. The molecule has 1 aromatic carbocycles. The maximum absolute atomic E-state index is 11.3. The SMILES string of the molecule is COCC(C)Nc1ccccc1CN(C)C(C)=O. The van der Waals surface area contributed by atoms with Crippen molar-refractivity contribution in [2.24, 2.45) is 0 Å². The molecule has 0 bridgehead atoms. The third-order valence-corrected chi connectivity index (χ3v) is 2.78. The van der Waals surface area contributed by atoms with Crippen LogP contribution in [0.25, 0.3) is 0 Å².